The molecule has 1 heterocycles. The number of esters is 1. The molecule has 0 aromatic heterocycles. The molecule has 1 aliphatic rings. The summed E-state index contributed by atoms with van der Waals surface area (Å²) in [6, 6.07) is 32.2. The number of rotatable bonds is 4. The van der Waals surface area contributed by atoms with E-state index in [-0.39, 0.29) is 11.1 Å². The van der Waals surface area contributed by atoms with E-state index in [2.05, 4.69) is 91.0 Å². The second-order valence-corrected chi connectivity index (χ2v) is 9.72. The number of methoxy groups -OCH3 is 1. The smallest absolute Gasteiger partial charge is 0.330 e. The minimum Gasteiger partial charge on any atom is -0.466 e. The molecule has 0 bridgehead atoms. The number of hydrogen-bond acceptors (Lipinski definition) is 2. The minimum atomic E-state index is -0.618. The van der Waals surface area contributed by atoms with Gasteiger partial charge in [0.15, 0.2) is 0 Å². The van der Waals surface area contributed by atoms with Gasteiger partial charge in [0, 0.05) is 6.08 Å². The lowest BCUT2D eigenvalue weighted by molar-refractivity contribution is -0.134. The first-order valence-corrected chi connectivity index (χ1v) is 11.5. The number of hydrogen-bond donors (Lipinski definition) is 0. The van der Waals surface area contributed by atoms with Gasteiger partial charge in [-0.3, -0.25) is 0 Å². The highest BCUT2D eigenvalue weighted by atomic mass is 31.1. The molecular weight excluding hydrogens is 375 g/mol. The summed E-state index contributed by atoms with van der Waals surface area (Å²) in [5, 5.41) is 1.02. The van der Waals surface area contributed by atoms with E-state index in [0.717, 1.165) is 24.6 Å². The minimum absolute atomic E-state index is 0.277. The van der Waals surface area contributed by atoms with Crippen LogP contribution in [0.2, 0.25) is 0 Å². The number of carbonyl (C=O) groups is 1. The number of benzene rings is 3. The first-order valence-electron chi connectivity index (χ1n) is 9.99. The van der Waals surface area contributed by atoms with Crippen molar-refractivity contribution in [3.8, 4) is 0 Å². The van der Waals surface area contributed by atoms with Gasteiger partial charge >= 0.3 is 5.97 Å². The van der Waals surface area contributed by atoms with Gasteiger partial charge in [0.1, 0.15) is 0 Å². The van der Waals surface area contributed by atoms with Crippen molar-refractivity contribution in [3.63, 3.8) is 0 Å². The van der Waals surface area contributed by atoms with E-state index >= 15 is 0 Å². The maximum atomic E-state index is 12.4. The Balaban J connectivity index is 2.05. The lowest BCUT2D eigenvalue weighted by Gasteiger charge is -2.48. The van der Waals surface area contributed by atoms with E-state index in [1.165, 1.54) is 23.5 Å². The molecule has 3 heteroatoms. The van der Waals surface area contributed by atoms with Crippen LogP contribution in [0.15, 0.2) is 103 Å². The van der Waals surface area contributed by atoms with Crippen LogP contribution in [-0.2, 0) is 14.7 Å². The number of allylic oxidation sites excluding steroid dienone is 1. The van der Waals surface area contributed by atoms with Crippen LogP contribution in [0.5, 0.6) is 0 Å². The molecule has 146 valence electrons. The fourth-order valence-corrected chi connectivity index (χ4v) is 7.90. The molecule has 2 nitrogen and oxygen atoms in total. The predicted molar refractivity (Wildman–Crippen MR) is 121 cm³/mol. The molecule has 0 amide bonds. The molecular formula is C26H25O2P. The summed E-state index contributed by atoms with van der Waals surface area (Å²) in [6.45, 7) is 0. The Labute approximate surface area is 174 Å². The molecule has 1 fully saturated rings. The molecule has 3 aromatic rings. The van der Waals surface area contributed by atoms with Crippen LogP contribution < -0.4 is 5.30 Å². The van der Waals surface area contributed by atoms with Gasteiger partial charge in [-0.2, -0.15) is 0 Å². The molecule has 4 rings (SSSR count). The lowest BCUT2D eigenvalue weighted by Crippen LogP contribution is -2.36. The van der Waals surface area contributed by atoms with Crippen molar-refractivity contribution in [1.82, 2.24) is 0 Å². The summed E-state index contributed by atoms with van der Waals surface area (Å²) in [5.74, 6) is -0.277. The van der Waals surface area contributed by atoms with Gasteiger partial charge < -0.3 is 4.74 Å². The van der Waals surface area contributed by atoms with Crippen molar-refractivity contribution in [2.45, 2.75) is 18.0 Å². The molecule has 0 radical (unpaired) electrons. The van der Waals surface area contributed by atoms with E-state index < -0.39 is 7.92 Å². The Kier molecular flexibility index (Phi) is 5.92. The van der Waals surface area contributed by atoms with Gasteiger partial charge in [0.2, 0.25) is 0 Å². The summed E-state index contributed by atoms with van der Waals surface area (Å²) in [4.78, 5) is 12.4. The zero-order valence-electron chi connectivity index (χ0n) is 16.6. The van der Waals surface area contributed by atoms with Crippen molar-refractivity contribution in [2.24, 2.45) is 0 Å². The lowest BCUT2D eigenvalue weighted by atomic mass is 9.81. The molecule has 0 spiro atoms. The fraction of sp³-hybridized carbons (Fsp3) is 0.192. The molecule has 1 saturated heterocycles. The van der Waals surface area contributed by atoms with E-state index in [0.29, 0.717) is 0 Å². The standard InChI is InChI=1S/C26H25O2P/c1-28-25(27)20-23-16-11-19-29(24-17-9-4-10-18-24)26(23,21-12-5-2-6-13-21)22-14-7-3-8-15-22/h2-10,12-15,17-18,20H,11,16,19H2,1H3. The van der Waals surface area contributed by atoms with Gasteiger partial charge in [0.05, 0.1) is 12.3 Å². The Morgan fingerprint density at radius 3 is 1.90 bits per heavy atom. The second-order valence-electron chi connectivity index (χ2n) is 7.23. The van der Waals surface area contributed by atoms with Crippen LogP contribution in [0, 0.1) is 0 Å². The third-order valence-corrected chi connectivity index (χ3v) is 8.94. The average molecular weight is 400 g/mol. The average Bonchev–Trinajstić information content (AvgIpc) is 2.80. The monoisotopic (exact) mass is 400 g/mol. The first kappa shape index (κ1) is 19.6. The SMILES string of the molecule is COC(=O)C=C1CCCP(c2ccccc2)C1(c1ccccc1)c1ccccc1. The topological polar surface area (TPSA) is 26.3 Å². The van der Waals surface area contributed by atoms with Crippen molar-refractivity contribution < 1.29 is 9.53 Å². The highest BCUT2D eigenvalue weighted by Crippen LogP contribution is 2.66. The molecule has 1 aliphatic heterocycles. The molecule has 1 atom stereocenters. The Hall–Kier alpha value is -2.70. The third kappa shape index (κ3) is 3.66. The fourth-order valence-electron chi connectivity index (χ4n) is 4.47. The van der Waals surface area contributed by atoms with Crippen molar-refractivity contribution in [3.05, 3.63) is 114 Å². The normalized spacial score (nSPS) is 19.6. The predicted octanol–water partition coefficient (Wildman–Crippen LogP) is 5.63. The largest absolute Gasteiger partial charge is 0.466 e. The van der Waals surface area contributed by atoms with E-state index in [9.17, 15) is 4.79 Å². The van der Waals surface area contributed by atoms with Gasteiger partial charge in [-0.1, -0.05) is 98.9 Å². The van der Waals surface area contributed by atoms with E-state index in [1.54, 1.807) is 6.08 Å². The van der Waals surface area contributed by atoms with Gasteiger partial charge in [-0.25, -0.2) is 4.79 Å². The number of carbonyl (C=O) groups excluding carboxylic acids is 1. The summed E-state index contributed by atoms with van der Waals surface area (Å²) in [5.41, 5.74) is 3.65. The van der Waals surface area contributed by atoms with Crippen LogP contribution in [0.25, 0.3) is 0 Å². The van der Waals surface area contributed by atoms with Crippen molar-refractivity contribution in [2.75, 3.05) is 13.3 Å². The molecule has 1 unspecified atom stereocenters. The second kappa shape index (κ2) is 8.76. The van der Waals surface area contributed by atoms with E-state index in [1.807, 2.05) is 0 Å². The summed E-state index contributed by atoms with van der Waals surface area (Å²) >= 11 is 0. The molecule has 0 aliphatic carbocycles. The highest BCUT2D eigenvalue weighted by molar-refractivity contribution is 7.67. The van der Waals surface area contributed by atoms with Gasteiger partial charge in [-0.15, -0.1) is 0 Å². The molecule has 0 saturated carbocycles. The zero-order valence-corrected chi connectivity index (χ0v) is 17.5. The van der Waals surface area contributed by atoms with Crippen molar-refractivity contribution in [1.29, 1.82) is 0 Å². The van der Waals surface area contributed by atoms with Crippen LogP contribution in [-0.4, -0.2) is 19.2 Å². The maximum absolute atomic E-state index is 12.4. The molecule has 29 heavy (non-hydrogen) atoms. The van der Waals surface area contributed by atoms with Crippen molar-refractivity contribution >= 4 is 19.2 Å². The van der Waals surface area contributed by atoms with Crippen LogP contribution in [0.3, 0.4) is 0 Å². The first-order chi connectivity index (χ1) is 14.3. The third-order valence-electron chi connectivity index (χ3n) is 5.64. The molecule has 0 N–H and O–H groups in total. The molecule has 3 aromatic carbocycles. The van der Waals surface area contributed by atoms with E-state index in [4.69, 9.17) is 4.74 Å². The quantitative estimate of drug-likeness (QED) is 0.322. The Morgan fingerprint density at radius 1 is 0.862 bits per heavy atom. The van der Waals surface area contributed by atoms with Gasteiger partial charge in [-0.05, 0) is 41.0 Å². The zero-order chi connectivity index (χ0) is 20.1. The maximum Gasteiger partial charge on any atom is 0.330 e. The Bertz CT molecular complexity index is 941. The van der Waals surface area contributed by atoms with Gasteiger partial charge in [0.25, 0.3) is 0 Å². The van der Waals surface area contributed by atoms with Crippen LogP contribution >= 0.6 is 7.92 Å². The summed E-state index contributed by atoms with van der Waals surface area (Å²) in [6.07, 6.45) is 4.84. The van der Waals surface area contributed by atoms with Crippen LogP contribution in [0.4, 0.5) is 0 Å². The summed E-state index contributed by atoms with van der Waals surface area (Å²) < 4.78 is 5.05. The van der Waals surface area contributed by atoms with Crippen LogP contribution in [0.1, 0.15) is 24.0 Å². The summed E-state index contributed by atoms with van der Waals surface area (Å²) in [7, 11) is 0.835. The number of ether oxygens (including phenoxy) is 1. The Morgan fingerprint density at radius 2 is 1.38 bits per heavy atom. The highest BCUT2D eigenvalue weighted by Gasteiger charge is 2.47.